The van der Waals surface area contributed by atoms with Crippen LogP contribution in [0, 0.1) is 0 Å². The maximum atomic E-state index is 6.20. The van der Waals surface area contributed by atoms with Crippen molar-refractivity contribution >= 4 is 11.6 Å². The maximum absolute atomic E-state index is 6.20. The van der Waals surface area contributed by atoms with Crippen LogP contribution in [0.2, 0.25) is 5.02 Å². The van der Waals surface area contributed by atoms with Crippen molar-refractivity contribution in [2.75, 3.05) is 19.8 Å². The van der Waals surface area contributed by atoms with Gasteiger partial charge in [0.25, 0.3) is 0 Å². The van der Waals surface area contributed by atoms with Crippen molar-refractivity contribution in [3.8, 4) is 11.5 Å². The standard InChI is InChI=1S/C14H19ClO3/c1-3-16-13-8-14(17-4-2)12(15)7-10(13)5-6-11-9-18-11/h7-8,11H,3-6,9H2,1-2H3. The van der Waals surface area contributed by atoms with E-state index in [4.69, 9.17) is 25.8 Å². The second-order valence-corrected chi connectivity index (χ2v) is 4.66. The third-order valence-electron chi connectivity index (χ3n) is 2.85. The van der Waals surface area contributed by atoms with Gasteiger partial charge in [-0.1, -0.05) is 11.6 Å². The summed E-state index contributed by atoms with van der Waals surface area (Å²) in [6.45, 7) is 6.03. The van der Waals surface area contributed by atoms with Crippen molar-refractivity contribution < 1.29 is 14.2 Å². The first-order valence-corrected chi connectivity index (χ1v) is 6.82. The molecular formula is C14H19ClO3. The van der Waals surface area contributed by atoms with Crippen molar-refractivity contribution in [3.05, 3.63) is 22.7 Å². The first-order chi connectivity index (χ1) is 8.74. The number of epoxide rings is 1. The largest absolute Gasteiger partial charge is 0.493 e. The molecule has 0 N–H and O–H groups in total. The smallest absolute Gasteiger partial charge is 0.141 e. The molecule has 2 rings (SSSR count). The van der Waals surface area contributed by atoms with Gasteiger partial charge in [0.05, 0.1) is 30.9 Å². The highest BCUT2D eigenvalue weighted by Gasteiger charge is 2.22. The molecule has 4 heteroatoms. The van der Waals surface area contributed by atoms with Gasteiger partial charge in [-0.2, -0.15) is 0 Å². The molecule has 3 nitrogen and oxygen atoms in total. The van der Waals surface area contributed by atoms with Crippen LogP contribution in [-0.2, 0) is 11.2 Å². The van der Waals surface area contributed by atoms with Crippen LogP contribution in [0.15, 0.2) is 12.1 Å². The van der Waals surface area contributed by atoms with Crippen LogP contribution < -0.4 is 9.47 Å². The van der Waals surface area contributed by atoms with Crippen molar-refractivity contribution in [2.24, 2.45) is 0 Å². The van der Waals surface area contributed by atoms with Gasteiger partial charge in [0.1, 0.15) is 11.5 Å². The molecule has 0 spiro atoms. The predicted octanol–water partition coefficient (Wildman–Crippen LogP) is 3.47. The highest BCUT2D eigenvalue weighted by atomic mass is 35.5. The molecule has 0 aliphatic carbocycles. The molecule has 0 amide bonds. The first kappa shape index (κ1) is 13.5. The fourth-order valence-electron chi connectivity index (χ4n) is 1.88. The lowest BCUT2D eigenvalue weighted by atomic mass is 10.1. The van der Waals surface area contributed by atoms with Gasteiger partial charge in [-0.05, 0) is 38.3 Å². The van der Waals surface area contributed by atoms with Crippen LogP contribution in [0.1, 0.15) is 25.8 Å². The molecule has 100 valence electrons. The van der Waals surface area contributed by atoms with E-state index in [-0.39, 0.29) is 0 Å². The minimum Gasteiger partial charge on any atom is -0.493 e. The molecule has 0 radical (unpaired) electrons. The third kappa shape index (κ3) is 3.53. The summed E-state index contributed by atoms with van der Waals surface area (Å²) in [7, 11) is 0. The summed E-state index contributed by atoms with van der Waals surface area (Å²) in [5.74, 6) is 1.56. The Balaban J connectivity index is 2.15. The summed E-state index contributed by atoms with van der Waals surface area (Å²) in [6, 6.07) is 3.83. The van der Waals surface area contributed by atoms with E-state index in [0.717, 1.165) is 30.8 Å². The van der Waals surface area contributed by atoms with E-state index < -0.39 is 0 Å². The molecule has 1 aromatic carbocycles. The molecule has 0 aromatic heterocycles. The fourth-order valence-corrected chi connectivity index (χ4v) is 2.12. The number of aryl methyl sites for hydroxylation is 1. The Morgan fingerprint density at radius 1 is 1.22 bits per heavy atom. The van der Waals surface area contributed by atoms with E-state index in [1.54, 1.807) is 0 Å². The zero-order valence-corrected chi connectivity index (χ0v) is 11.6. The Morgan fingerprint density at radius 3 is 2.50 bits per heavy atom. The maximum Gasteiger partial charge on any atom is 0.141 e. The molecular weight excluding hydrogens is 252 g/mol. The lowest BCUT2D eigenvalue weighted by molar-refractivity contribution is 0.320. The lowest BCUT2D eigenvalue weighted by Gasteiger charge is -2.14. The minimum atomic E-state index is 0.421. The summed E-state index contributed by atoms with van der Waals surface area (Å²) in [5.41, 5.74) is 1.13. The average molecular weight is 271 g/mol. The van der Waals surface area contributed by atoms with Crippen LogP contribution in [0.25, 0.3) is 0 Å². The van der Waals surface area contributed by atoms with Gasteiger partial charge < -0.3 is 14.2 Å². The molecule has 1 aliphatic heterocycles. The molecule has 0 bridgehead atoms. The summed E-state index contributed by atoms with van der Waals surface area (Å²) < 4.78 is 16.4. The van der Waals surface area contributed by atoms with Gasteiger partial charge in [0, 0.05) is 6.07 Å². The van der Waals surface area contributed by atoms with Gasteiger partial charge in [-0.15, -0.1) is 0 Å². The van der Waals surface area contributed by atoms with Crippen LogP contribution >= 0.6 is 11.6 Å². The van der Waals surface area contributed by atoms with Gasteiger partial charge >= 0.3 is 0 Å². The molecule has 1 unspecified atom stereocenters. The molecule has 1 atom stereocenters. The zero-order chi connectivity index (χ0) is 13.0. The van der Waals surface area contributed by atoms with Crippen molar-refractivity contribution in [1.82, 2.24) is 0 Å². The summed E-state index contributed by atoms with van der Waals surface area (Å²) in [5, 5.41) is 0.645. The zero-order valence-electron chi connectivity index (χ0n) is 10.9. The highest BCUT2D eigenvalue weighted by molar-refractivity contribution is 6.32. The second-order valence-electron chi connectivity index (χ2n) is 4.25. The van der Waals surface area contributed by atoms with E-state index in [9.17, 15) is 0 Å². The second kappa shape index (κ2) is 6.30. The molecule has 1 aliphatic rings. The number of rotatable bonds is 7. The van der Waals surface area contributed by atoms with E-state index >= 15 is 0 Å². The van der Waals surface area contributed by atoms with Crippen LogP contribution in [0.5, 0.6) is 11.5 Å². The van der Waals surface area contributed by atoms with E-state index in [0.29, 0.717) is 30.1 Å². The fraction of sp³-hybridized carbons (Fsp3) is 0.571. The highest BCUT2D eigenvalue weighted by Crippen LogP contribution is 2.34. The normalized spacial score (nSPS) is 17.6. The predicted molar refractivity (Wildman–Crippen MR) is 71.9 cm³/mol. The number of halogens is 1. The minimum absolute atomic E-state index is 0.421. The number of ether oxygens (including phenoxy) is 3. The van der Waals surface area contributed by atoms with Crippen LogP contribution in [0.3, 0.4) is 0 Å². The molecule has 1 aromatic rings. The summed E-state index contributed by atoms with van der Waals surface area (Å²) >= 11 is 6.20. The van der Waals surface area contributed by atoms with Crippen LogP contribution in [0.4, 0.5) is 0 Å². The quantitative estimate of drug-likeness (QED) is 0.711. The summed E-state index contributed by atoms with van der Waals surface area (Å²) in [6.07, 6.45) is 2.36. The van der Waals surface area contributed by atoms with Crippen LogP contribution in [-0.4, -0.2) is 25.9 Å². The molecule has 1 fully saturated rings. The number of hydrogen-bond acceptors (Lipinski definition) is 3. The number of hydrogen-bond donors (Lipinski definition) is 0. The third-order valence-corrected chi connectivity index (χ3v) is 3.15. The Bertz CT molecular complexity index is 402. The molecule has 18 heavy (non-hydrogen) atoms. The van der Waals surface area contributed by atoms with Crippen molar-refractivity contribution in [3.63, 3.8) is 0 Å². The first-order valence-electron chi connectivity index (χ1n) is 6.44. The topological polar surface area (TPSA) is 31.0 Å². The van der Waals surface area contributed by atoms with Crippen molar-refractivity contribution in [2.45, 2.75) is 32.8 Å². The Labute approximate surface area is 113 Å². The van der Waals surface area contributed by atoms with E-state index in [1.165, 1.54) is 0 Å². The average Bonchev–Trinajstić information content (AvgIpc) is 3.16. The Morgan fingerprint density at radius 2 is 1.89 bits per heavy atom. The Hall–Kier alpha value is -0.930. The SMILES string of the molecule is CCOc1cc(OCC)c(CCC2CO2)cc1Cl. The van der Waals surface area contributed by atoms with Gasteiger partial charge in [0.2, 0.25) is 0 Å². The van der Waals surface area contributed by atoms with Gasteiger partial charge in [-0.3, -0.25) is 0 Å². The monoisotopic (exact) mass is 270 g/mol. The van der Waals surface area contributed by atoms with E-state index in [2.05, 4.69) is 0 Å². The lowest BCUT2D eigenvalue weighted by Crippen LogP contribution is -2.01. The molecule has 0 saturated carbocycles. The molecule has 1 saturated heterocycles. The Kier molecular flexibility index (Phi) is 4.72. The summed E-state index contributed by atoms with van der Waals surface area (Å²) in [4.78, 5) is 0. The molecule has 1 heterocycles. The van der Waals surface area contributed by atoms with Gasteiger partial charge in [0.15, 0.2) is 0 Å². The van der Waals surface area contributed by atoms with Crippen molar-refractivity contribution in [1.29, 1.82) is 0 Å². The van der Waals surface area contributed by atoms with E-state index in [1.807, 2.05) is 26.0 Å². The number of benzene rings is 1. The van der Waals surface area contributed by atoms with Gasteiger partial charge in [-0.25, -0.2) is 0 Å².